The van der Waals surface area contributed by atoms with Gasteiger partial charge in [-0.05, 0) is 50.3 Å². The standard InChI is InChI=1S/C16H20N2O2/c1-20-13-5-6-15(18-9-3-2-4-10-18)14(11-13)16(7-8-16)17-12-19/h5-6,11H,2-4,7-10H2,1H3. The second kappa shape index (κ2) is 5.29. The van der Waals surface area contributed by atoms with E-state index in [0.29, 0.717) is 0 Å². The van der Waals surface area contributed by atoms with Crippen LogP contribution in [0, 0.1) is 0 Å². The Labute approximate surface area is 119 Å². The van der Waals surface area contributed by atoms with Crippen LogP contribution in [0.25, 0.3) is 0 Å². The van der Waals surface area contributed by atoms with E-state index in [9.17, 15) is 4.79 Å². The zero-order chi connectivity index (χ0) is 14.0. The van der Waals surface area contributed by atoms with Gasteiger partial charge in [0.1, 0.15) is 11.3 Å². The Balaban J connectivity index is 2.02. The Morgan fingerprint density at radius 2 is 2.00 bits per heavy atom. The molecule has 1 aliphatic heterocycles. The number of nitrogens with zero attached hydrogens (tertiary/aromatic N) is 2. The fourth-order valence-electron chi connectivity index (χ4n) is 3.07. The summed E-state index contributed by atoms with van der Waals surface area (Å²) in [4.78, 5) is 17.2. The number of isocyanates is 1. The van der Waals surface area contributed by atoms with Gasteiger partial charge in [0, 0.05) is 24.3 Å². The van der Waals surface area contributed by atoms with Crippen LogP contribution in [0.2, 0.25) is 0 Å². The van der Waals surface area contributed by atoms with Crippen molar-refractivity contribution in [1.82, 2.24) is 0 Å². The minimum absolute atomic E-state index is 0.344. The Bertz CT molecular complexity index is 539. The average Bonchev–Trinajstić information content (AvgIpc) is 3.29. The zero-order valence-corrected chi connectivity index (χ0v) is 11.9. The molecular formula is C16H20N2O2. The normalized spacial score (nSPS) is 20.1. The maximum absolute atomic E-state index is 10.7. The number of piperidine rings is 1. The molecule has 0 radical (unpaired) electrons. The number of aliphatic imine (C=N–C) groups is 1. The molecular weight excluding hydrogens is 252 g/mol. The Hall–Kier alpha value is -1.80. The summed E-state index contributed by atoms with van der Waals surface area (Å²) in [6.45, 7) is 2.17. The molecule has 20 heavy (non-hydrogen) atoms. The maximum atomic E-state index is 10.7. The highest BCUT2D eigenvalue weighted by atomic mass is 16.5. The van der Waals surface area contributed by atoms with Crippen molar-refractivity contribution >= 4 is 11.8 Å². The Morgan fingerprint density at radius 1 is 1.25 bits per heavy atom. The fourth-order valence-corrected chi connectivity index (χ4v) is 3.07. The van der Waals surface area contributed by atoms with Crippen molar-refractivity contribution in [2.24, 2.45) is 4.99 Å². The lowest BCUT2D eigenvalue weighted by molar-refractivity contribution is 0.413. The highest BCUT2D eigenvalue weighted by Crippen LogP contribution is 2.53. The van der Waals surface area contributed by atoms with Gasteiger partial charge in [-0.15, -0.1) is 0 Å². The molecule has 0 aromatic heterocycles. The van der Waals surface area contributed by atoms with Gasteiger partial charge in [0.15, 0.2) is 0 Å². The molecule has 3 rings (SSSR count). The van der Waals surface area contributed by atoms with Crippen molar-refractivity contribution in [2.75, 3.05) is 25.1 Å². The van der Waals surface area contributed by atoms with E-state index < -0.39 is 0 Å². The number of rotatable bonds is 4. The average molecular weight is 272 g/mol. The Kier molecular flexibility index (Phi) is 3.49. The van der Waals surface area contributed by atoms with Crippen molar-refractivity contribution in [3.63, 3.8) is 0 Å². The van der Waals surface area contributed by atoms with E-state index in [-0.39, 0.29) is 5.54 Å². The van der Waals surface area contributed by atoms with Crippen molar-refractivity contribution in [3.8, 4) is 5.75 Å². The highest BCUT2D eigenvalue weighted by Gasteiger charge is 2.47. The summed E-state index contributed by atoms with van der Waals surface area (Å²) in [5.41, 5.74) is 1.99. The van der Waals surface area contributed by atoms with E-state index in [1.807, 2.05) is 12.1 Å². The van der Waals surface area contributed by atoms with E-state index in [1.165, 1.54) is 24.9 Å². The van der Waals surface area contributed by atoms with Crippen molar-refractivity contribution in [3.05, 3.63) is 23.8 Å². The van der Waals surface area contributed by atoms with Crippen LogP contribution in [0.4, 0.5) is 5.69 Å². The van der Waals surface area contributed by atoms with Crippen LogP contribution in [0.5, 0.6) is 5.75 Å². The first kappa shape index (κ1) is 13.2. The van der Waals surface area contributed by atoms with Gasteiger partial charge in [0.05, 0.1) is 7.11 Å². The fraction of sp³-hybridized carbons (Fsp3) is 0.562. The third-order valence-corrected chi connectivity index (χ3v) is 4.39. The van der Waals surface area contributed by atoms with E-state index >= 15 is 0 Å². The molecule has 2 fully saturated rings. The molecule has 0 spiro atoms. The topological polar surface area (TPSA) is 41.9 Å². The number of hydrogen-bond donors (Lipinski definition) is 0. The molecule has 1 saturated carbocycles. The van der Waals surface area contributed by atoms with Crippen LogP contribution in [0.1, 0.15) is 37.7 Å². The molecule has 1 saturated heterocycles. The van der Waals surface area contributed by atoms with Gasteiger partial charge in [-0.1, -0.05) is 0 Å². The van der Waals surface area contributed by atoms with Crippen LogP contribution >= 0.6 is 0 Å². The summed E-state index contributed by atoms with van der Waals surface area (Å²) in [6, 6.07) is 6.14. The Morgan fingerprint density at radius 3 is 2.60 bits per heavy atom. The predicted molar refractivity (Wildman–Crippen MR) is 78.1 cm³/mol. The molecule has 0 bridgehead atoms. The summed E-state index contributed by atoms with van der Waals surface area (Å²) in [5.74, 6) is 0.827. The first-order valence-corrected chi connectivity index (χ1v) is 7.31. The van der Waals surface area contributed by atoms with Gasteiger partial charge >= 0.3 is 0 Å². The van der Waals surface area contributed by atoms with Crippen LogP contribution in [-0.4, -0.2) is 26.3 Å². The second-order valence-electron chi connectivity index (χ2n) is 5.67. The van der Waals surface area contributed by atoms with Crippen molar-refractivity contribution in [1.29, 1.82) is 0 Å². The molecule has 1 aromatic rings. The summed E-state index contributed by atoms with van der Waals surface area (Å²) in [7, 11) is 1.67. The number of ether oxygens (including phenoxy) is 1. The minimum Gasteiger partial charge on any atom is -0.497 e. The molecule has 4 heteroatoms. The molecule has 2 aliphatic rings. The monoisotopic (exact) mass is 272 g/mol. The molecule has 1 aliphatic carbocycles. The molecule has 0 atom stereocenters. The largest absolute Gasteiger partial charge is 0.497 e. The van der Waals surface area contributed by atoms with E-state index in [1.54, 1.807) is 13.2 Å². The molecule has 0 N–H and O–H groups in total. The molecule has 0 unspecified atom stereocenters. The second-order valence-corrected chi connectivity index (χ2v) is 5.67. The van der Waals surface area contributed by atoms with E-state index in [4.69, 9.17) is 4.74 Å². The maximum Gasteiger partial charge on any atom is 0.235 e. The third kappa shape index (κ3) is 2.32. The van der Waals surface area contributed by atoms with Gasteiger partial charge in [-0.3, -0.25) is 0 Å². The molecule has 1 aromatic carbocycles. The number of methoxy groups -OCH3 is 1. The number of anilines is 1. The van der Waals surface area contributed by atoms with E-state index in [2.05, 4.69) is 16.0 Å². The smallest absolute Gasteiger partial charge is 0.235 e. The van der Waals surface area contributed by atoms with Crippen LogP contribution < -0.4 is 9.64 Å². The van der Waals surface area contributed by atoms with E-state index in [0.717, 1.165) is 37.2 Å². The third-order valence-electron chi connectivity index (χ3n) is 4.39. The number of benzene rings is 1. The van der Waals surface area contributed by atoms with Crippen molar-refractivity contribution in [2.45, 2.75) is 37.6 Å². The minimum atomic E-state index is -0.344. The highest BCUT2D eigenvalue weighted by molar-refractivity contribution is 5.62. The lowest BCUT2D eigenvalue weighted by Crippen LogP contribution is -2.31. The SMILES string of the molecule is COc1ccc(N2CCCCC2)c(C2(N=C=O)CC2)c1. The number of carbonyl (C=O) groups excluding carboxylic acids is 1. The van der Waals surface area contributed by atoms with Gasteiger partial charge in [0.2, 0.25) is 6.08 Å². The van der Waals surface area contributed by atoms with Gasteiger partial charge in [-0.2, -0.15) is 4.99 Å². The van der Waals surface area contributed by atoms with Crippen molar-refractivity contribution < 1.29 is 9.53 Å². The lowest BCUT2D eigenvalue weighted by Gasteiger charge is -2.32. The summed E-state index contributed by atoms with van der Waals surface area (Å²) < 4.78 is 5.34. The predicted octanol–water partition coefficient (Wildman–Crippen LogP) is 3.01. The van der Waals surface area contributed by atoms with Gasteiger partial charge in [0.25, 0.3) is 0 Å². The molecule has 4 nitrogen and oxygen atoms in total. The van der Waals surface area contributed by atoms with Gasteiger partial charge in [-0.25, -0.2) is 4.79 Å². The van der Waals surface area contributed by atoms with Crippen LogP contribution in [0.15, 0.2) is 23.2 Å². The molecule has 106 valence electrons. The summed E-state index contributed by atoms with van der Waals surface area (Å²) >= 11 is 0. The van der Waals surface area contributed by atoms with Crippen LogP contribution in [0.3, 0.4) is 0 Å². The molecule has 1 heterocycles. The lowest BCUT2D eigenvalue weighted by atomic mass is 10.00. The quantitative estimate of drug-likeness (QED) is 0.625. The first-order chi connectivity index (χ1) is 9.79. The summed E-state index contributed by atoms with van der Waals surface area (Å²) in [6.07, 6.45) is 7.37. The first-order valence-electron chi connectivity index (χ1n) is 7.31. The molecule has 0 amide bonds. The van der Waals surface area contributed by atoms with Crippen LogP contribution in [-0.2, 0) is 10.3 Å². The summed E-state index contributed by atoms with van der Waals surface area (Å²) in [5, 5.41) is 0. The number of hydrogen-bond acceptors (Lipinski definition) is 4. The van der Waals surface area contributed by atoms with Gasteiger partial charge < -0.3 is 9.64 Å². The zero-order valence-electron chi connectivity index (χ0n) is 11.9.